The van der Waals surface area contributed by atoms with Gasteiger partial charge in [0, 0.05) is 21.3 Å². The van der Waals surface area contributed by atoms with Crippen molar-refractivity contribution in [2.75, 3.05) is 27.9 Å². The van der Waals surface area contributed by atoms with Gasteiger partial charge in [-0.15, -0.1) is 0 Å². The Hall–Kier alpha value is -0.0231. The van der Waals surface area contributed by atoms with E-state index in [1.54, 1.807) is 14.2 Å². The molecule has 5 atom stereocenters. The average molecular weight is 294 g/mol. The van der Waals surface area contributed by atoms with Gasteiger partial charge >= 0.3 is 0 Å². The number of ether oxygens (including phenoxy) is 4. The molecule has 1 aliphatic rings. The third-order valence-corrected chi connectivity index (χ3v) is 3.95. The van der Waals surface area contributed by atoms with Crippen molar-refractivity contribution in [2.45, 2.75) is 50.3 Å². The molecule has 1 saturated heterocycles. The SMILES string of the molecule is COCC1OC(O)C(OC)C(OC)C1O[Si](C)(C)C. The van der Waals surface area contributed by atoms with Gasteiger partial charge in [0.05, 0.1) is 6.61 Å². The molecule has 0 bridgehead atoms. The van der Waals surface area contributed by atoms with E-state index in [1.165, 1.54) is 7.11 Å². The van der Waals surface area contributed by atoms with Crippen LogP contribution >= 0.6 is 0 Å². The highest BCUT2D eigenvalue weighted by atomic mass is 28.4. The molecule has 0 aromatic carbocycles. The molecule has 0 radical (unpaired) electrons. The molecule has 0 amide bonds. The molecule has 1 N–H and O–H groups in total. The Morgan fingerprint density at radius 1 is 1.00 bits per heavy atom. The summed E-state index contributed by atoms with van der Waals surface area (Å²) in [5.74, 6) is 0. The molecule has 5 unspecified atom stereocenters. The van der Waals surface area contributed by atoms with E-state index >= 15 is 0 Å². The molecule has 1 fully saturated rings. The molecule has 19 heavy (non-hydrogen) atoms. The van der Waals surface area contributed by atoms with Gasteiger partial charge in [-0.1, -0.05) is 0 Å². The normalized spacial score (nSPS) is 36.5. The van der Waals surface area contributed by atoms with Crippen LogP contribution in [0, 0.1) is 0 Å². The molecule has 1 aliphatic heterocycles. The highest BCUT2D eigenvalue weighted by Gasteiger charge is 2.48. The van der Waals surface area contributed by atoms with Crippen molar-refractivity contribution < 1.29 is 28.5 Å². The van der Waals surface area contributed by atoms with Crippen molar-refractivity contribution in [1.82, 2.24) is 0 Å². The predicted molar refractivity (Wildman–Crippen MR) is 72.6 cm³/mol. The first-order valence-electron chi connectivity index (χ1n) is 6.40. The van der Waals surface area contributed by atoms with Gasteiger partial charge in [0.15, 0.2) is 14.6 Å². The zero-order valence-electron chi connectivity index (χ0n) is 12.6. The predicted octanol–water partition coefficient (Wildman–Crippen LogP) is 0.600. The molecule has 1 heterocycles. The van der Waals surface area contributed by atoms with Crippen LogP contribution in [-0.2, 0) is 23.4 Å². The Morgan fingerprint density at radius 3 is 2.00 bits per heavy atom. The molecule has 0 aliphatic carbocycles. The summed E-state index contributed by atoms with van der Waals surface area (Å²) in [4.78, 5) is 0. The fourth-order valence-electron chi connectivity index (χ4n) is 2.26. The smallest absolute Gasteiger partial charge is 0.184 e. The maximum absolute atomic E-state index is 9.96. The summed E-state index contributed by atoms with van der Waals surface area (Å²) in [5.41, 5.74) is 0. The highest BCUT2D eigenvalue weighted by Crippen LogP contribution is 2.28. The van der Waals surface area contributed by atoms with Gasteiger partial charge in [-0.2, -0.15) is 0 Å². The van der Waals surface area contributed by atoms with Crippen molar-refractivity contribution >= 4 is 8.32 Å². The molecule has 0 saturated carbocycles. The summed E-state index contributed by atoms with van der Waals surface area (Å²) < 4.78 is 27.6. The van der Waals surface area contributed by atoms with Crippen molar-refractivity contribution in [3.63, 3.8) is 0 Å². The molecule has 0 aromatic heterocycles. The first-order chi connectivity index (χ1) is 8.84. The number of methoxy groups -OCH3 is 3. The first-order valence-corrected chi connectivity index (χ1v) is 9.80. The third kappa shape index (κ3) is 4.49. The van der Waals surface area contributed by atoms with Crippen LogP contribution < -0.4 is 0 Å². The second-order valence-corrected chi connectivity index (χ2v) is 10.1. The van der Waals surface area contributed by atoms with Gasteiger partial charge in [-0.25, -0.2) is 0 Å². The van der Waals surface area contributed by atoms with Gasteiger partial charge in [0.1, 0.15) is 24.4 Å². The second kappa shape index (κ2) is 7.12. The van der Waals surface area contributed by atoms with E-state index in [1.807, 2.05) is 0 Å². The lowest BCUT2D eigenvalue weighted by Gasteiger charge is -2.45. The number of hydrogen-bond acceptors (Lipinski definition) is 6. The lowest BCUT2D eigenvalue weighted by Crippen LogP contribution is -2.62. The van der Waals surface area contributed by atoms with Crippen molar-refractivity contribution in [2.24, 2.45) is 0 Å². The summed E-state index contributed by atoms with van der Waals surface area (Å²) in [6, 6.07) is 0. The quantitative estimate of drug-likeness (QED) is 0.724. The zero-order valence-corrected chi connectivity index (χ0v) is 13.6. The van der Waals surface area contributed by atoms with Gasteiger partial charge in [0.25, 0.3) is 0 Å². The van der Waals surface area contributed by atoms with Gasteiger partial charge < -0.3 is 28.5 Å². The minimum Gasteiger partial charge on any atom is -0.409 e. The van der Waals surface area contributed by atoms with Crippen LogP contribution in [-0.4, -0.2) is 72.1 Å². The van der Waals surface area contributed by atoms with Crippen LogP contribution in [0.3, 0.4) is 0 Å². The summed E-state index contributed by atoms with van der Waals surface area (Å²) in [7, 11) is 2.90. The van der Waals surface area contributed by atoms with E-state index in [9.17, 15) is 5.11 Å². The zero-order chi connectivity index (χ0) is 14.6. The Balaban J connectivity index is 2.93. The molecule has 0 spiro atoms. The summed E-state index contributed by atoms with van der Waals surface area (Å²) in [6.45, 7) is 6.62. The standard InChI is InChI=1S/C12H26O6Si/c1-14-7-8-9(18-19(4,5)6)10(15-2)11(16-3)12(13)17-8/h8-13H,7H2,1-6H3. The van der Waals surface area contributed by atoms with Gasteiger partial charge in [0.2, 0.25) is 0 Å². The lowest BCUT2D eigenvalue weighted by molar-refractivity contribution is -0.293. The Labute approximate surface area is 116 Å². The molecular formula is C12H26O6Si. The maximum atomic E-state index is 9.96. The lowest BCUT2D eigenvalue weighted by atomic mass is 9.99. The van der Waals surface area contributed by atoms with E-state index in [-0.39, 0.29) is 18.3 Å². The second-order valence-electron chi connectivity index (χ2n) is 5.62. The minimum absolute atomic E-state index is 0.315. The van der Waals surface area contributed by atoms with Crippen LogP contribution in [0.15, 0.2) is 0 Å². The molecular weight excluding hydrogens is 268 g/mol. The number of rotatable bonds is 6. The van der Waals surface area contributed by atoms with Crippen LogP contribution in [0.25, 0.3) is 0 Å². The van der Waals surface area contributed by atoms with E-state index in [2.05, 4.69) is 19.6 Å². The highest BCUT2D eigenvalue weighted by molar-refractivity contribution is 6.69. The van der Waals surface area contributed by atoms with Gasteiger partial charge in [-0.05, 0) is 19.6 Å². The minimum atomic E-state index is -1.79. The number of aliphatic hydroxyl groups excluding tert-OH is 1. The van der Waals surface area contributed by atoms with Crippen molar-refractivity contribution in [3.05, 3.63) is 0 Å². The monoisotopic (exact) mass is 294 g/mol. The summed E-state index contributed by atoms with van der Waals surface area (Å²) in [6.07, 6.45) is -2.69. The van der Waals surface area contributed by atoms with Crippen molar-refractivity contribution in [1.29, 1.82) is 0 Å². The number of aliphatic hydroxyl groups is 1. The Morgan fingerprint density at radius 2 is 1.58 bits per heavy atom. The van der Waals surface area contributed by atoms with E-state index < -0.39 is 20.7 Å². The molecule has 1 rings (SSSR count). The Kier molecular flexibility index (Phi) is 6.38. The fraction of sp³-hybridized carbons (Fsp3) is 1.00. The van der Waals surface area contributed by atoms with E-state index in [0.29, 0.717) is 6.61 Å². The van der Waals surface area contributed by atoms with Gasteiger partial charge in [-0.3, -0.25) is 0 Å². The molecule has 6 nitrogen and oxygen atoms in total. The van der Waals surface area contributed by atoms with E-state index in [4.69, 9.17) is 23.4 Å². The average Bonchev–Trinajstić information content (AvgIpc) is 2.30. The van der Waals surface area contributed by atoms with Crippen LogP contribution in [0.4, 0.5) is 0 Å². The van der Waals surface area contributed by atoms with Crippen LogP contribution in [0.1, 0.15) is 0 Å². The van der Waals surface area contributed by atoms with E-state index in [0.717, 1.165) is 0 Å². The van der Waals surface area contributed by atoms with Crippen LogP contribution in [0.5, 0.6) is 0 Å². The molecule has 7 heteroatoms. The third-order valence-electron chi connectivity index (χ3n) is 2.97. The largest absolute Gasteiger partial charge is 0.409 e. The van der Waals surface area contributed by atoms with Crippen LogP contribution in [0.2, 0.25) is 19.6 Å². The summed E-state index contributed by atoms with van der Waals surface area (Å²) in [5, 5.41) is 9.96. The first kappa shape index (κ1) is 17.0. The Bertz CT molecular complexity index is 269. The molecule has 114 valence electrons. The topological polar surface area (TPSA) is 66.4 Å². The molecule has 0 aromatic rings. The van der Waals surface area contributed by atoms with Crippen molar-refractivity contribution in [3.8, 4) is 0 Å². The summed E-state index contributed by atoms with van der Waals surface area (Å²) >= 11 is 0. The number of hydrogen-bond donors (Lipinski definition) is 1. The fourth-order valence-corrected chi connectivity index (χ4v) is 3.37. The maximum Gasteiger partial charge on any atom is 0.184 e.